The van der Waals surface area contributed by atoms with Crippen LogP contribution in [0.5, 0.6) is 0 Å². The molecule has 1 aromatic carbocycles. The molecule has 0 atom stereocenters. The Kier molecular flexibility index (Phi) is 4.60. The van der Waals surface area contributed by atoms with Crippen molar-refractivity contribution in [1.82, 2.24) is 5.32 Å². The summed E-state index contributed by atoms with van der Waals surface area (Å²) in [4.78, 5) is 3.88. The van der Waals surface area contributed by atoms with E-state index in [1.807, 2.05) is 31.3 Å². The second-order valence-corrected chi connectivity index (χ2v) is 2.77. The minimum atomic E-state index is 0.681. The fourth-order valence-corrected chi connectivity index (χ4v) is 1.05. The van der Waals surface area contributed by atoms with Gasteiger partial charge in [-0.1, -0.05) is 17.9 Å². The van der Waals surface area contributed by atoms with Crippen molar-refractivity contribution in [2.24, 2.45) is 4.99 Å². The van der Waals surface area contributed by atoms with Gasteiger partial charge in [-0.25, -0.2) is 0 Å². The Morgan fingerprint density at radius 3 is 3.07 bits per heavy atom. The van der Waals surface area contributed by atoms with E-state index in [1.54, 1.807) is 0 Å². The van der Waals surface area contributed by atoms with Gasteiger partial charge >= 0.3 is 0 Å². The smallest absolute Gasteiger partial charge is 0.0751 e. The molecule has 0 heterocycles. The number of isothiocyanates is 1. The van der Waals surface area contributed by atoms with Gasteiger partial charge in [0.2, 0.25) is 0 Å². The fraction of sp³-hybridized carbons (Fsp3) is 0.182. The van der Waals surface area contributed by atoms with Crippen LogP contribution in [-0.2, 0) is 0 Å². The van der Waals surface area contributed by atoms with Crippen LogP contribution < -0.4 is 5.32 Å². The number of aliphatic imine (C=N–C) groups is 1. The average molecular weight is 202 g/mol. The number of nitrogens with zero attached hydrogens (tertiary/aromatic N) is 1. The highest BCUT2D eigenvalue weighted by atomic mass is 32.1. The van der Waals surface area contributed by atoms with Gasteiger partial charge in [0, 0.05) is 5.56 Å². The molecule has 0 spiro atoms. The summed E-state index contributed by atoms with van der Waals surface area (Å²) in [6, 6.07) is 7.57. The molecule has 0 bridgehead atoms. The molecule has 0 aromatic heterocycles. The third kappa shape index (κ3) is 3.51. The van der Waals surface area contributed by atoms with Crippen LogP contribution in [-0.4, -0.2) is 18.8 Å². The first-order chi connectivity index (χ1) is 6.86. The molecule has 0 aliphatic heterocycles. The Bertz CT molecular complexity index is 409. The van der Waals surface area contributed by atoms with Crippen molar-refractivity contribution in [3.05, 3.63) is 29.8 Å². The zero-order valence-corrected chi connectivity index (χ0v) is 8.69. The lowest BCUT2D eigenvalue weighted by Crippen LogP contribution is -2.04. The van der Waals surface area contributed by atoms with Gasteiger partial charge in [0.1, 0.15) is 0 Å². The number of thiocarbonyl (C=S) groups is 1. The van der Waals surface area contributed by atoms with Gasteiger partial charge in [-0.15, -0.1) is 0 Å². The van der Waals surface area contributed by atoms with Gasteiger partial charge in [0.05, 0.1) is 17.4 Å². The monoisotopic (exact) mass is 202 g/mol. The molecule has 1 N–H and O–H groups in total. The average Bonchev–Trinajstić information content (AvgIpc) is 2.19. The maximum absolute atomic E-state index is 4.52. The summed E-state index contributed by atoms with van der Waals surface area (Å²) in [5.41, 5.74) is 1.73. The maximum Gasteiger partial charge on any atom is 0.0751 e. The van der Waals surface area contributed by atoms with Gasteiger partial charge in [-0.2, -0.15) is 4.99 Å². The van der Waals surface area contributed by atoms with Gasteiger partial charge in [0.25, 0.3) is 0 Å². The number of hydrogen-bond acceptors (Lipinski definition) is 3. The van der Waals surface area contributed by atoms with Crippen molar-refractivity contribution < 1.29 is 0 Å². The number of nitrogens with one attached hydrogen (secondary N) is 1. The molecule has 0 amide bonds. The zero-order valence-electron chi connectivity index (χ0n) is 7.87. The molecule has 0 saturated carbocycles. The van der Waals surface area contributed by atoms with Crippen molar-refractivity contribution in [1.29, 1.82) is 0 Å². The molecule has 0 aliphatic rings. The quantitative estimate of drug-likeness (QED) is 0.450. The SMILES string of the molecule is CNCC#Cc1cccc(N=C=S)c1. The molecule has 0 radical (unpaired) electrons. The Labute approximate surface area is 89.1 Å². The van der Waals surface area contributed by atoms with Crippen LogP contribution in [0, 0.1) is 11.8 Å². The molecular formula is C11H10N2S. The predicted molar refractivity (Wildman–Crippen MR) is 61.9 cm³/mol. The maximum atomic E-state index is 4.52. The van der Waals surface area contributed by atoms with Crippen LogP contribution >= 0.6 is 12.2 Å². The second kappa shape index (κ2) is 6.06. The molecule has 1 rings (SSSR count). The van der Waals surface area contributed by atoms with Crippen LogP contribution in [0.25, 0.3) is 0 Å². The van der Waals surface area contributed by atoms with E-state index in [0.29, 0.717) is 6.54 Å². The summed E-state index contributed by atoms with van der Waals surface area (Å²) in [7, 11) is 1.86. The van der Waals surface area contributed by atoms with Crippen molar-refractivity contribution in [2.45, 2.75) is 0 Å². The van der Waals surface area contributed by atoms with Gasteiger partial charge in [-0.3, -0.25) is 0 Å². The summed E-state index contributed by atoms with van der Waals surface area (Å²) in [5.74, 6) is 5.98. The molecule has 14 heavy (non-hydrogen) atoms. The Morgan fingerprint density at radius 2 is 2.36 bits per heavy atom. The Morgan fingerprint density at radius 1 is 1.50 bits per heavy atom. The normalized spacial score (nSPS) is 8.36. The second-order valence-electron chi connectivity index (χ2n) is 2.59. The summed E-state index contributed by atoms with van der Waals surface area (Å²) in [6.45, 7) is 0.681. The number of benzene rings is 1. The van der Waals surface area contributed by atoms with Crippen LogP contribution in [0.1, 0.15) is 5.56 Å². The van der Waals surface area contributed by atoms with E-state index >= 15 is 0 Å². The molecule has 3 heteroatoms. The highest BCUT2D eigenvalue weighted by molar-refractivity contribution is 7.78. The Balaban J connectivity index is 2.84. The molecule has 0 unspecified atom stereocenters. The standard InChI is InChI=1S/C11H10N2S/c1-12-7-3-5-10-4-2-6-11(8-10)13-9-14/h2,4,6,8,12H,7H2,1H3. The molecule has 1 aromatic rings. The van der Waals surface area contributed by atoms with Crippen LogP contribution in [0.3, 0.4) is 0 Å². The third-order valence-electron chi connectivity index (χ3n) is 1.52. The van der Waals surface area contributed by atoms with E-state index in [0.717, 1.165) is 11.3 Å². The van der Waals surface area contributed by atoms with Crippen molar-refractivity contribution in [3.63, 3.8) is 0 Å². The zero-order chi connectivity index (χ0) is 10.2. The van der Waals surface area contributed by atoms with Crippen molar-refractivity contribution >= 4 is 23.1 Å². The van der Waals surface area contributed by atoms with E-state index in [4.69, 9.17) is 0 Å². The summed E-state index contributed by atoms with van der Waals surface area (Å²) >= 11 is 4.52. The molecule has 0 aliphatic carbocycles. The minimum absolute atomic E-state index is 0.681. The van der Waals surface area contributed by atoms with Gasteiger partial charge in [0.15, 0.2) is 0 Å². The number of rotatable bonds is 2. The summed E-state index contributed by atoms with van der Waals surface area (Å²) in [6.07, 6.45) is 0. The predicted octanol–water partition coefficient (Wildman–Crippen LogP) is 1.99. The van der Waals surface area contributed by atoms with E-state index in [2.05, 4.69) is 39.5 Å². The largest absolute Gasteiger partial charge is 0.309 e. The summed E-state index contributed by atoms with van der Waals surface area (Å²) in [5, 5.41) is 5.28. The van der Waals surface area contributed by atoms with E-state index in [1.165, 1.54) is 0 Å². The molecule has 0 saturated heterocycles. The topological polar surface area (TPSA) is 24.4 Å². The van der Waals surface area contributed by atoms with Gasteiger partial charge in [-0.05, 0) is 37.5 Å². The Hall–Kier alpha value is -1.46. The van der Waals surface area contributed by atoms with Crippen LogP contribution in [0.15, 0.2) is 29.3 Å². The van der Waals surface area contributed by atoms with Crippen molar-refractivity contribution in [3.8, 4) is 11.8 Å². The lowest BCUT2D eigenvalue weighted by Gasteiger charge is -1.92. The number of hydrogen-bond donors (Lipinski definition) is 1. The van der Waals surface area contributed by atoms with E-state index < -0.39 is 0 Å². The highest BCUT2D eigenvalue weighted by Crippen LogP contribution is 2.12. The lowest BCUT2D eigenvalue weighted by molar-refractivity contribution is 0.938. The third-order valence-corrected chi connectivity index (χ3v) is 1.61. The van der Waals surface area contributed by atoms with E-state index in [9.17, 15) is 0 Å². The fourth-order valence-electron chi connectivity index (χ4n) is 0.941. The van der Waals surface area contributed by atoms with Gasteiger partial charge < -0.3 is 5.32 Å². The molecule has 0 fully saturated rings. The molecular weight excluding hydrogens is 192 g/mol. The minimum Gasteiger partial charge on any atom is -0.309 e. The highest BCUT2D eigenvalue weighted by Gasteiger charge is 1.89. The van der Waals surface area contributed by atoms with Crippen LogP contribution in [0.4, 0.5) is 5.69 Å². The summed E-state index contributed by atoms with van der Waals surface area (Å²) < 4.78 is 0. The first kappa shape index (κ1) is 10.6. The lowest BCUT2D eigenvalue weighted by atomic mass is 10.2. The molecule has 70 valence electrons. The first-order valence-corrected chi connectivity index (χ1v) is 4.59. The van der Waals surface area contributed by atoms with Crippen LogP contribution in [0.2, 0.25) is 0 Å². The van der Waals surface area contributed by atoms with Crippen molar-refractivity contribution in [2.75, 3.05) is 13.6 Å². The molecule has 2 nitrogen and oxygen atoms in total. The van der Waals surface area contributed by atoms with E-state index in [-0.39, 0.29) is 0 Å². The first-order valence-electron chi connectivity index (χ1n) is 4.18.